The molecule has 0 fully saturated rings. The summed E-state index contributed by atoms with van der Waals surface area (Å²) in [5.74, 6) is 1.11. The summed E-state index contributed by atoms with van der Waals surface area (Å²) >= 11 is 0. The van der Waals surface area contributed by atoms with E-state index < -0.39 is 10.8 Å². The van der Waals surface area contributed by atoms with Crippen molar-refractivity contribution in [3.63, 3.8) is 0 Å². The predicted molar refractivity (Wildman–Crippen MR) is 57.0 cm³/mol. The number of anilines is 1. The molecule has 1 atom stereocenters. The Kier molecular flexibility index (Phi) is 3.48. The van der Waals surface area contributed by atoms with Crippen molar-refractivity contribution >= 4 is 16.5 Å². The van der Waals surface area contributed by atoms with E-state index in [9.17, 15) is 4.21 Å². The van der Waals surface area contributed by atoms with E-state index in [1.807, 2.05) is 18.2 Å². The predicted octanol–water partition coefficient (Wildman–Crippen LogP) is 2.03. The zero-order valence-electron chi connectivity index (χ0n) is 7.99. The Bertz CT molecular complexity index is 310. The summed E-state index contributed by atoms with van der Waals surface area (Å²) in [6.45, 7) is 4.11. The van der Waals surface area contributed by atoms with Crippen LogP contribution in [-0.2, 0) is 10.8 Å². The maximum atomic E-state index is 11.7. The van der Waals surface area contributed by atoms with Crippen molar-refractivity contribution in [1.29, 1.82) is 0 Å². The van der Waals surface area contributed by atoms with Crippen molar-refractivity contribution in [2.45, 2.75) is 18.7 Å². The molecule has 0 saturated heterocycles. The first-order chi connectivity index (χ1) is 6.11. The van der Waals surface area contributed by atoms with Gasteiger partial charge in [-0.3, -0.25) is 4.21 Å². The fraction of sp³-hybridized carbons (Fsp3) is 0.400. The fourth-order valence-electron chi connectivity index (χ4n) is 1.08. The highest BCUT2D eigenvalue weighted by atomic mass is 32.2. The molecule has 1 aromatic carbocycles. The third-order valence-electron chi connectivity index (χ3n) is 1.65. The van der Waals surface area contributed by atoms with Crippen molar-refractivity contribution in [3.8, 4) is 0 Å². The minimum Gasteiger partial charge on any atom is -0.398 e. The summed E-state index contributed by atoms with van der Waals surface area (Å²) < 4.78 is 11.7. The largest absolute Gasteiger partial charge is 0.398 e. The van der Waals surface area contributed by atoms with E-state index in [1.165, 1.54) is 0 Å². The molecule has 13 heavy (non-hydrogen) atoms. The minimum atomic E-state index is -0.950. The molecular formula is C10H15NOS. The normalized spacial score (nSPS) is 13.2. The molecule has 2 nitrogen and oxygen atoms in total. The van der Waals surface area contributed by atoms with E-state index in [-0.39, 0.29) is 0 Å². The van der Waals surface area contributed by atoms with Crippen molar-refractivity contribution in [3.05, 3.63) is 24.3 Å². The van der Waals surface area contributed by atoms with E-state index >= 15 is 0 Å². The second-order valence-corrected chi connectivity index (χ2v) is 4.91. The number of rotatable bonds is 3. The van der Waals surface area contributed by atoms with Gasteiger partial charge in [-0.15, -0.1) is 0 Å². The number of benzene rings is 1. The summed E-state index contributed by atoms with van der Waals surface area (Å²) in [4.78, 5) is 0.760. The van der Waals surface area contributed by atoms with Crippen molar-refractivity contribution in [2.75, 3.05) is 11.5 Å². The van der Waals surface area contributed by atoms with Crippen molar-refractivity contribution in [1.82, 2.24) is 0 Å². The van der Waals surface area contributed by atoms with Gasteiger partial charge in [-0.1, -0.05) is 26.0 Å². The van der Waals surface area contributed by atoms with Gasteiger partial charge in [0.1, 0.15) is 0 Å². The lowest BCUT2D eigenvalue weighted by molar-refractivity contribution is 0.665. The molecule has 2 N–H and O–H groups in total. The first-order valence-electron chi connectivity index (χ1n) is 4.34. The maximum absolute atomic E-state index is 11.7. The fourth-order valence-corrected chi connectivity index (χ4v) is 2.43. The van der Waals surface area contributed by atoms with Gasteiger partial charge in [-0.2, -0.15) is 0 Å². The molecule has 0 aliphatic heterocycles. The Labute approximate surface area is 81.6 Å². The molecule has 72 valence electrons. The minimum absolute atomic E-state index is 0.431. The molecule has 3 heteroatoms. The quantitative estimate of drug-likeness (QED) is 0.753. The SMILES string of the molecule is CC(C)CS(=O)c1ccccc1N. The molecule has 0 bridgehead atoms. The molecule has 1 rings (SSSR count). The molecule has 0 radical (unpaired) electrons. The van der Waals surface area contributed by atoms with Gasteiger partial charge < -0.3 is 5.73 Å². The van der Waals surface area contributed by atoms with E-state index in [4.69, 9.17) is 5.73 Å². The van der Waals surface area contributed by atoms with Crippen molar-refractivity contribution < 1.29 is 4.21 Å². The second-order valence-electron chi connectivity index (χ2n) is 3.44. The monoisotopic (exact) mass is 197 g/mol. The lowest BCUT2D eigenvalue weighted by Gasteiger charge is -2.06. The molecule has 0 aliphatic carbocycles. The smallest absolute Gasteiger partial charge is 0.0617 e. The molecule has 0 spiro atoms. The van der Waals surface area contributed by atoms with Gasteiger partial charge in [0.15, 0.2) is 0 Å². The average molecular weight is 197 g/mol. The average Bonchev–Trinajstić information content (AvgIpc) is 2.03. The number of nitrogen functional groups attached to an aromatic ring is 1. The Morgan fingerprint density at radius 2 is 2.00 bits per heavy atom. The molecule has 0 saturated carbocycles. The van der Waals surface area contributed by atoms with Crippen LogP contribution in [0.1, 0.15) is 13.8 Å². The highest BCUT2D eigenvalue weighted by molar-refractivity contribution is 7.85. The molecule has 0 aromatic heterocycles. The molecule has 0 aliphatic rings. The number of nitrogens with two attached hydrogens (primary N) is 1. The first kappa shape index (κ1) is 10.3. The van der Waals surface area contributed by atoms with Gasteiger partial charge in [-0.05, 0) is 18.1 Å². The highest BCUT2D eigenvalue weighted by Gasteiger charge is 2.08. The van der Waals surface area contributed by atoms with Gasteiger partial charge >= 0.3 is 0 Å². The number of para-hydroxylation sites is 1. The van der Waals surface area contributed by atoms with Crippen LogP contribution >= 0.6 is 0 Å². The highest BCUT2D eigenvalue weighted by Crippen LogP contribution is 2.16. The number of hydrogen-bond donors (Lipinski definition) is 1. The lowest BCUT2D eigenvalue weighted by Crippen LogP contribution is -2.06. The Hall–Kier alpha value is -0.830. The Balaban J connectivity index is 2.83. The van der Waals surface area contributed by atoms with Gasteiger partial charge in [-0.25, -0.2) is 0 Å². The summed E-state index contributed by atoms with van der Waals surface area (Å²) in [7, 11) is -0.950. The first-order valence-corrected chi connectivity index (χ1v) is 5.66. The molecular weight excluding hydrogens is 182 g/mol. The van der Waals surface area contributed by atoms with Gasteiger partial charge in [0.25, 0.3) is 0 Å². The molecule has 1 unspecified atom stereocenters. The van der Waals surface area contributed by atoms with Crippen molar-refractivity contribution in [2.24, 2.45) is 5.92 Å². The van der Waals surface area contributed by atoms with E-state index in [0.29, 0.717) is 17.4 Å². The van der Waals surface area contributed by atoms with Crippen LogP contribution in [0.2, 0.25) is 0 Å². The zero-order chi connectivity index (χ0) is 9.84. The topological polar surface area (TPSA) is 43.1 Å². The third kappa shape index (κ3) is 2.84. The summed E-state index contributed by atoms with van der Waals surface area (Å²) in [6.07, 6.45) is 0. The van der Waals surface area contributed by atoms with E-state index in [0.717, 1.165) is 4.90 Å². The van der Waals surface area contributed by atoms with Gasteiger partial charge in [0.2, 0.25) is 0 Å². The van der Waals surface area contributed by atoms with Crippen LogP contribution in [0.25, 0.3) is 0 Å². The van der Waals surface area contributed by atoms with Crippen LogP contribution in [0.4, 0.5) is 5.69 Å². The molecule has 0 amide bonds. The Morgan fingerprint density at radius 1 is 1.38 bits per heavy atom. The van der Waals surface area contributed by atoms with Crippen LogP contribution in [-0.4, -0.2) is 9.96 Å². The summed E-state index contributed by atoms with van der Waals surface area (Å²) in [5.41, 5.74) is 6.33. The lowest BCUT2D eigenvalue weighted by atomic mass is 10.3. The Morgan fingerprint density at radius 3 is 2.54 bits per heavy atom. The van der Waals surface area contributed by atoms with E-state index in [1.54, 1.807) is 6.07 Å². The second kappa shape index (κ2) is 4.42. The van der Waals surface area contributed by atoms with Crippen LogP contribution in [0, 0.1) is 5.92 Å². The third-order valence-corrected chi connectivity index (χ3v) is 3.48. The van der Waals surface area contributed by atoms with Crippen LogP contribution in [0.3, 0.4) is 0 Å². The summed E-state index contributed by atoms with van der Waals surface area (Å²) in [5, 5.41) is 0. The van der Waals surface area contributed by atoms with E-state index in [2.05, 4.69) is 13.8 Å². The summed E-state index contributed by atoms with van der Waals surface area (Å²) in [6, 6.07) is 7.33. The van der Waals surface area contributed by atoms with Gasteiger partial charge in [0.05, 0.1) is 15.7 Å². The standard InChI is InChI=1S/C10H15NOS/c1-8(2)7-13(12)10-6-4-3-5-9(10)11/h3-6,8H,7,11H2,1-2H3. The van der Waals surface area contributed by atoms with Crippen LogP contribution in [0.5, 0.6) is 0 Å². The van der Waals surface area contributed by atoms with Crippen LogP contribution < -0.4 is 5.73 Å². The molecule has 1 aromatic rings. The zero-order valence-corrected chi connectivity index (χ0v) is 8.80. The molecule has 0 heterocycles. The number of hydrogen-bond acceptors (Lipinski definition) is 2. The maximum Gasteiger partial charge on any atom is 0.0617 e. The van der Waals surface area contributed by atoms with Gasteiger partial charge in [0, 0.05) is 11.4 Å². The van der Waals surface area contributed by atoms with Crippen LogP contribution in [0.15, 0.2) is 29.2 Å².